The molecule has 0 saturated carbocycles. The van der Waals surface area contributed by atoms with Gasteiger partial charge in [0.05, 0.1) is 0 Å². The Hall–Kier alpha value is -0.840. The molecule has 94 valence electrons. The Morgan fingerprint density at radius 2 is 2.25 bits per heavy atom. The number of ether oxygens (including phenoxy) is 1. The molecule has 1 unspecified atom stereocenters. The van der Waals surface area contributed by atoms with E-state index in [4.69, 9.17) is 4.74 Å². The van der Waals surface area contributed by atoms with Gasteiger partial charge in [0.15, 0.2) is 0 Å². The highest BCUT2D eigenvalue weighted by atomic mass is 19.1. The molecule has 0 radical (unpaired) electrons. The van der Waals surface area contributed by atoms with Crippen molar-refractivity contribution in [2.24, 2.45) is 0 Å². The number of halogens is 1. The van der Waals surface area contributed by atoms with Crippen LogP contribution in [0.3, 0.4) is 0 Å². The molecule has 4 nitrogen and oxygen atoms in total. The molecule has 1 N–H and O–H groups in total. The minimum atomic E-state index is -0.471. The molecule has 1 fully saturated rings. The number of amides is 1. The number of hydrogen-bond donors (Lipinski definition) is 1. The van der Waals surface area contributed by atoms with E-state index in [1.165, 1.54) is 0 Å². The van der Waals surface area contributed by atoms with E-state index in [1.807, 2.05) is 25.7 Å². The van der Waals surface area contributed by atoms with Crippen LogP contribution in [0.1, 0.15) is 27.2 Å². The van der Waals surface area contributed by atoms with Gasteiger partial charge in [0.25, 0.3) is 0 Å². The maximum Gasteiger partial charge on any atom is 0.407 e. The maximum atomic E-state index is 12.1. The summed E-state index contributed by atoms with van der Waals surface area (Å²) >= 11 is 0. The van der Waals surface area contributed by atoms with E-state index in [0.29, 0.717) is 13.1 Å². The Bertz CT molecular complexity index is 241. The lowest BCUT2D eigenvalue weighted by Crippen LogP contribution is -2.40. The largest absolute Gasteiger partial charge is 0.444 e. The van der Waals surface area contributed by atoms with Crippen molar-refractivity contribution in [1.82, 2.24) is 10.2 Å². The lowest BCUT2D eigenvalue weighted by molar-refractivity contribution is 0.0506. The fourth-order valence-corrected chi connectivity index (χ4v) is 1.75. The summed E-state index contributed by atoms with van der Waals surface area (Å²) in [6, 6.07) is 0.0846. The van der Waals surface area contributed by atoms with E-state index in [2.05, 4.69) is 5.32 Å². The summed E-state index contributed by atoms with van der Waals surface area (Å²) in [4.78, 5) is 13.5. The number of alkyl carbamates (subject to hydrolysis) is 1. The Morgan fingerprint density at radius 3 is 2.81 bits per heavy atom. The van der Waals surface area contributed by atoms with Gasteiger partial charge in [0, 0.05) is 25.7 Å². The van der Waals surface area contributed by atoms with E-state index >= 15 is 0 Å². The average molecular weight is 232 g/mol. The van der Waals surface area contributed by atoms with E-state index in [9.17, 15) is 9.18 Å². The molecule has 0 aromatic carbocycles. The molecule has 0 aromatic rings. The number of carbonyl (C=O) groups is 1. The second-order valence-corrected chi connectivity index (χ2v) is 5.12. The third kappa shape index (κ3) is 4.79. The molecule has 1 rings (SSSR count). The van der Waals surface area contributed by atoms with Gasteiger partial charge in [-0.25, -0.2) is 9.18 Å². The molecule has 1 aliphatic rings. The SMILES string of the molecule is CC(C)(C)OC(=O)NC1CCN(CCF)C1. The maximum absolute atomic E-state index is 12.1. The Morgan fingerprint density at radius 1 is 1.56 bits per heavy atom. The summed E-state index contributed by atoms with van der Waals surface area (Å²) in [6.07, 6.45) is 0.471. The molecule has 1 aliphatic heterocycles. The third-order valence-electron chi connectivity index (χ3n) is 2.39. The Kier molecular flexibility index (Phi) is 4.53. The van der Waals surface area contributed by atoms with Crippen LogP contribution in [-0.2, 0) is 4.74 Å². The number of likely N-dealkylation sites (tertiary alicyclic amines) is 1. The van der Waals surface area contributed by atoms with Crippen molar-refractivity contribution < 1.29 is 13.9 Å². The number of nitrogens with zero attached hydrogens (tertiary/aromatic N) is 1. The normalized spacial score (nSPS) is 22.1. The van der Waals surface area contributed by atoms with Crippen LogP contribution in [0.2, 0.25) is 0 Å². The minimum absolute atomic E-state index is 0.0846. The summed E-state index contributed by atoms with van der Waals surface area (Å²) in [5.41, 5.74) is -0.471. The summed E-state index contributed by atoms with van der Waals surface area (Å²) in [7, 11) is 0. The Labute approximate surface area is 96.1 Å². The topological polar surface area (TPSA) is 41.6 Å². The van der Waals surface area contributed by atoms with Crippen LogP contribution in [0, 0.1) is 0 Å². The van der Waals surface area contributed by atoms with Crippen LogP contribution in [0.15, 0.2) is 0 Å². The highest BCUT2D eigenvalue weighted by molar-refractivity contribution is 5.68. The number of hydrogen-bond acceptors (Lipinski definition) is 3. The molecular formula is C11H21FN2O2. The highest BCUT2D eigenvalue weighted by Crippen LogP contribution is 2.11. The molecule has 16 heavy (non-hydrogen) atoms. The second-order valence-electron chi connectivity index (χ2n) is 5.12. The van der Waals surface area contributed by atoms with E-state index in [-0.39, 0.29) is 18.8 Å². The van der Waals surface area contributed by atoms with Crippen molar-refractivity contribution in [2.75, 3.05) is 26.3 Å². The quantitative estimate of drug-likeness (QED) is 0.802. The van der Waals surface area contributed by atoms with Crippen LogP contribution in [0.25, 0.3) is 0 Å². The van der Waals surface area contributed by atoms with Gasteiger partial charge in [-0.05, 0) is 27.2 Å². The first-order valence-electron chi connectivity index (χ1n) is 5.68. The van der Waals surface area contributed by atoms with Crippen molar-refractivity contribution in [3.63, 3.8) is 0 Å². The van der Waals surface area contributed by atoms with Crippen molar-refractivity contribution in [3.05, 3.63) is 0 Å². The first-order chi connectivity index (χ1) is 7.40. The predicted octanol–water partition coefficient (Wildman–Crippen LogP) is 1.55. The monoisotopic (exact) mass is 232 g/mol. The molecule has 5 heteroatoms. The van der Waals surface area contributed by atoms with Gasteiger partial charge in [-0.1, -0.05) is 0 Å². The molecule has 0 bridgehead atoms. The van der Waals surface area contributed by atoms with Gasteiger partial charge >= 0.3 is 6.09 Å². The van der Waals surface area contributed by atoms with Gasteiger partial charge < -0.3 is 10.1 Å². The first-order valence-corrected chi connectivity index (χ1v) is 5.68. The minimum Gasteiger partial charge on any atom is -0.444 e. The number of rotatable bonds is 3. The molecule has 1 amide bonds. The fraction of sp³-hybridized carbons (Fsp3) is 0.909. The lowest BCUT2D eigenvalue weighted by atomic mass is 10.2. The van der Waals surface area contributed by atoms with Crippen molar-refractivity contribution >= 4 is 6.09 Å². The second kappa shape index (κ2) is 5.48. The third-order valence-corrected chi connectivity index (χ3v) is 2.39. The molecular weight excluding hydrogens is 211 g/mol. The molecule has 1 saturated heterocycles. The van der Waals surface area contributed by atoms with Crippen LogP contribution >= 0.6 is 0 Å². The van der Waals surface area contributed by atoms with E-state index < -0.39 is 5.60 Å². The molecule has 0 aliphatic carbocycles. The van der Waals surface area contributed by atoms with Gasteiger partial charge in [-0.2, -0.15) is 0 Å². The lowest BCUT2D eigenvalue weighted by Gasteiger charge is -2.21. The van der Waals surface area contributed by atoms with Crippen molar-refractivity contribution in [1.29, 1.82) is 0 Å². The summed E-state index contributed by atoms with van der Waals surface area (Å²) in [5, 5.41) is 2.80. The van der Waals surface area contributed by atoms with Crippen molar-refractivity contribution in [2.45, 2.75) is 38.8 Å². The zero-order valence-corrected chi connectivity index (χ0v) is 10.3. The summed E-state index contributed by atoms with van der Waals surface area (Å²) in [5.74, 6) is 0. The van der Waals surface area contributed by atoms with Gasteiger partial charge in [0.2, 0.25) is 0 Å². The van der Waals surface area contributed by atoms with Crippen LogP contribution in [-0.4, -0.2) is 48.9 Å². The summed E-state index contributed by atoms with van der Waals surface area (Å²) < 4.78 is 17.3. The number of alkyl halides is 1. The van der Waals surface area contributed by atoms with E-state index in [0.717, 1.165) is 13.0 Å². The molecule has 0 spiro atoms. The van der Waals surface area contributed by atoms with E-state index in [1.54, 1.807) is 0 Å². The van der Waals surface area contributed by atoms with Crippen LogP contribution < -0.4 is 5.32 Å². The van der Waals surface area contributed by atoms with Crippen LogP contribution in [0.5, 0.6) is 0 Å². The fourth-order valence-electron chi connectivity index (χ4n) is 1.75. The molecule has 0 aromatic heterocycles. The predicted molar refractivity (Wildman–Crippen MR) is 60.2 cm³/mol. The van der Waals surface area contributed by atoms with Gasteiger partial charge in [0.1, 0.15) is 12.3 Å². The Balaban J connectivity index is 2.26. The average Bonchev–Trinajstić information content (AvgIpc) is 2.49. The smallest absolute Gasteiger partial charge is 0.407 e. The molecule has 1 heterocycles. The summed E-state index contributed by atoms with van der Waals surface area (Å²) in [6.45, 7) is 7.16. The van der Waals surface area contributed by atoms with Crippen molar-refractivity contribution in [3.8, 4) is 0 Å². The van der Waals surface area contributed by atoms with Gasteiger partial charge in [-0.3, -0.25) is 4.90 Å². The first kappa shape index (κ1) is 13.2. The standard InChI is InChI=1S/C11H21FN2O2/c1-11(2,3)16-10(15)13-9-4-6-14(8-9)7-5-12/h9H,4-8H2,1-3H3,(H,13,15). The van der Waals surface area contributed by atoms with Gasteiger partial charge in [-0.15, -0.1) is 0 Å². The highest BCUT2D eigenvalue weighted by Gasteiger charge is 2.25. The zero-order chi connectivity index (χ0) is 12.2. The number of carbonyl (C=O) groups excluding carboxylic acids is 1. The molecule has 1 atom stereocenters. The number of nitrogens with one attached hydrogen (secondary N) is 1. The van der Waals surface area contributed by atoms with Crippen LogP contribution in [0.4, 0.5) is 9.18 Å². The zero-order valence-electron chi connectivity index (χ0n) is 10.3.